The summed E-state index contributed by atoms with van der Waals surface area (Å²) in [5.74, 6) is -0.300. The highest BCUT2D eigenvalue weighted by Gasteiger charge is 2.18. The van der Waals surface area contributed by atoms with Gasteiger partial charge in [-0.2, -0.15) is 5.26 Å². The molecule has 0 spiro atoms. The summed E-state index contributed by atoms with van der Waals surface area (Å²) in [6.45, 7) is 1.92. The zero-order valence-corrected chi connectivity index (χ0v) is 14.9. The second-order valence-electron chi connectivity index (χ2n) is 5.66. The highest BCUT2D eigenvalue weighted by molar-refractivity contribution is 7.92. The summed E-state index contributed by atoms with van der Waals surface area (Å²) >= 11 is 0. The second kappa shape index (κ2) is 7.81. The van der Waals surface area contributed by atoms with Crippen LogP contribution in [0.15, 0.2) is 48.5 Å². The Morgan fingerprint density at radius 3 is 2.44 bits per heavy atom. The van der Waals surface area contributed by atoms with Gasteiger partial charge in [0.2, 0.25) is 15.9 Å². The first-order valence-corrected chi connectivity index (χ1v) is 9.49. The van der Waals surface area contributed by atoms with Crippen molar-refractivity contribution in [1.29, 1.82) is 5.26 Å². The van der Waals surface area contributed by atoms with Crippen LogP contribution in [0.25, 0.3) is 0 Å². The SMILES string of the molecule is Cc1cccc(N(CCC(=O)Nc2ccc(C#N)cc2)S(C)(=O)=O)c1. The van der Waals surface area contributed by atoms with Crippen LogP contribution in [0.3, 0.4) is 0 Å². The van der Waals surface area contributed by atoms with Crippen molar-refractivity contribution in [2.24, 2.45) is 0 Å². The van der Waals surface area contributed by atoms with E-state index in [1.807, 2.05) is 19.1 Å². The molecule has 6 nitrogen and oxygen atoms in total. The lowest BCUT2D eigenvalue weighted by atomic mass is 10.2. The minimum absolute atomic E-state index is 0.0149. The van der Waals surface area contributed by atoms with Gasteiger partial charge in [-0.15, -0.1) is 0 Å². The molecule has 130 valence electrons. The molecule has 2 aromatic rings. The molecule has 0 radical (unpaired) electrons. The van der Waals surface area contributed by atoms with Gasteiger partial charge < -0.3 is 5.32 Å². The molecule has 7 heteroatoms. The molecule has 0 heterocycles. The average Bonchev–Trinajstić information content (AvgIpc) is 2.54. The number of nitrogens with zero attached hydrogens (tertiary/aromatic N) is 2. The minimum atomic E-state index is -3.49. The third-order valence-electron chi connectivity index (χ3n) is 3.53. The van der Waals surface area contributed by atoms with Crippen molar-refractivity contribution >= 4 is 27.3 Å². The van der Waals surface area contributed by atoms with Crippen molar-refractivity contribution in [3.8, 4) is 6.07 Å². The van der Waals surface area contributed by atoms with Crippen LogP contribution in [0.1, 0.15) is 17.5 Å². The number of nitrogens with one attached hydrogen (secondary N) is 1. The van der Waals surface area contributed by atoms with Crippen LogP contribution in [0, 0.1) is 18.3 Å². The third-order valence-corrected chi connectivity index (χ3v) is 4.72. The Bertz CT molecular complexity index is 900. The predicted molar refractivity (Wildman–Crippen MR) is 97.8 cm³/mol. The molecular formula is C18H19N3O3S. The fourth-order valence-electron chi connectivity index (χ4n) is 2.32. The first kappa shape index (κ1) is 18.5. The monoisotopic (exact) mass is 357 g/mol. The number of hydrogen-bond acceptors (Lipinski definition) is 4. The molecule has 0 saturated heterocycles. The molecular weight excluding hydrogens is 338 g/mol. The lowest BCUT2D eigenvalue weighted by Gasteiger charge is -2.22. The molecule has 0 fully saturated rings. The fourth-order valence-corrected chi connectivity index (χ4v) is 3.24. The molecule has 0 saturated carbocycles. The molecule has 0 atom stereocenters. The topological polar surface area (TPSA) is 90.3 Å². The van der Waals surface area contributed by atoms with Gasteiger partial charge in [0.25, 0.3) is 0 Å². The normalized spacial score (nSPS) is 10.8. The zero-order valence-electron chi connectivity index (χ0n) is 14.1. The van der Waals surface area contributed by atoms with Crippen LogP contribution in [-0.4, -0.2) is 27.1 Å². The summed E-state index contributed by atoms with van der Waals surface area (Å²) in [5.41, 5.74) is 2.54. The van der Waals surface area contributed by atoms with Crippen molar-refractivity contribution in [1.82, 2.24) is 0 Å². The molecule has 1 N–H and O–H groups in total. The first-order valence-electron chi connectivity index (χ1n) is 7.64. The quantitative estimate of drug-likeness (QED) is 0.860. The van der Waals surface area contributed by atoms with Crippen LogP contribution in [-0.2, 0) is 14.8 Å². The Kier molecular flexibility index (Phi) is 5.78. The van der Waals surface area contributed by atoms with Crippen molar-refractivity contribution in [3.63, 3.8) is 0 Å². The molecule has 0 aliphatic carbocycles. The number of sulfonamides is 1. The number of hydrogen-bond donors (Lipinski definition) is 1. The average molecular weight is 357 g/mol. The van der Waals surface area contributed by atoms with Crippen LogP contribution in [0.5, 0.6) is 0 Å². The number of nitriles is 1. The van der Waals surface area contributed by atoms with E-state index in [0.29, 0.717) is 16.9 Å². The largest absolute Gasteiger partial charge is 0.326 e. The molecule has 0 bridgehead atoms. The van der Waals surface area contributed by atoms with Gasteiger partial charge in [0.15, 0.2) is 0 Å². The van der Waals surface area contributed by atoms with Gasteiger partial charge in [-0.3, -0.25) is 9.10 Å². The highest BCUT2D eigenvalue weighted by Crippen LogP contribution is 2.19. The Labute approximate surface area is 147 Å². The highest BCUT2D eigenvalue weighted by atomic mass is 32.2. The maximum atomic E-state index is 12.1. The van der Waals surface area contributed by atoms with E-state index >= 15 is 0 Å². The third kappa shape index (κ3) is 5.33. The molecule has 2 rings (SSSR count). The second-order valence-corrected chi connectivity index (χ2v) is 7.57. The van der Waals surface area contributed by atoms with E-state index in [0.717, 1.165) is 11.8 Å². The predicted octanol–water partition coefficient (Wildman–Crippen LogP) is 2.66. The Hall–Kier alpha value is -2.85. The summed E-state index contributed by atoms with van der Waals surface area (Å²) < 4.78 is 25.3. The van der Waals surface area contributed by atoms with Crippen LogP contribution in [0.4, 0.5) is 11.4 Å². The number of rotatable bonds is 6. The fraction of sp³-hybridized carbons (Fsp3) is 0.222. The number of amides is 1. The van der Waals surface area contributed by atoms with E-state index in [4.69, 9.17) is 5.26 Å². The first-order chi connectivity index (χ1) is 11.8. The number of anilines is 2. The van der Waals surface area contributed by atoms with Gasteiger partial charge in [0.1, 0.15) is 0 Å². The minimum Gasteiger partial charge on any atom is -0.326 e. The molecule has 1 amide bonds. The van der Waals surface area contributed by atoms with Crippen LogP contribution >= 0.6 is 0 Å². The van der Waals surface area contributed by atoms with Crippen molar-refractivity contribution < 1.29 is 13.2 Å². The van der Waals surface area contributed by atoms with Gasteiger partial charge in [-0.25, -0.2) is 8.42 Å². The molecule has 2 aromatic carbocycles. The van der Waals surface area contributed by atoms with E-state index in [1.165, 1.54) is 4.31 Å². The number of carbonyl (C=O) groups excluding carboxylic acids is 1. The number of aryl methyl sites for hydroxylation is 1. The van der Waals surface area contributed by atoms with Gasteiger partial charge in [0, 0.05) is 18.7 Å². The lowest BCUT2D eigenvalue weighted by Crippen LogP contribution is -2.33. The molecule has 25 heavy (non-hydrogen) atoms. The van der Waals surface area contributed by atoms with Gasteiger partial charge in [-0.05, 0) is 48.9 Å². The summed E-state index contributed by atoms with van der Waals surface area (Å²) in [4.78, 5) is 12.1. The van der Waals surface area contributed by atoms with E-state index in [2.05, 4.69) is 5.32 Å². The standard InChI is InChI=1S/C18H19N3O3S/c1-14-4-3-5-17(12-14)21(25(2,23)24)11-10-18(22)20-16-8-6-15(13-19)7-9-16/h3-9,12H,10-11H2,1-2H3,(H,20,22). The molecule has 0 aliphatic heterocycles. The van der Waals surface area contributed by atoms with E-state index in [1.54, 1.807) is 42.5 Å². The summed E-state index contributed by atoms with van der Waals surface area (Å²) in [5, 5.41) is 11.5. The van der Waals surface area contributed by atoms with Crippen molar-refractivity contribution in [3.05, 3.63) is 59.7 Å². The van der Waals surface area contributed by atoms with Crippen LogP contribution < -0.4 is 9.62 Å². The summed E-state index contributed by atoms with van der Waals surface area (Å²) in [6, 6.07) is 15.6. The van der Waals surface area contributed by atoms with E-state index in [-0.39, 0.29) is 18.9 Å². The smallest absolute Gasteiger partial charge is 0.232 e. The van der Waals surface area contributed by atoms with E-state index in [9.17, 15) is 13.2 Å². The molecule has 0 aliphatic rings. The summed E-state index contributed by atoms with van der Waals surface area (Å²) in [7, 11) is -3.49. The maximum absolute atomic E-state index is 12.1. The molecule has 0 aromatic heterocycles. The van der Waals surface area contributed by atoms with Gasteiger partial charge in [-0.1, -0.05) is 12.1 Å². The number of benzene rings is 2. The van der Waals surface area contributed by atoms with Crippen LogP contribution in [0.2, 0.25) is 0 Å². The van der Waals surface area contributed by atoms with Gasteiger partial charge in [0.05, 0.1) is 23.6 Å². The van der Waals surface area contributed by atoms with Gasteiger partial charge >= 0.3 is 0 Å². The lowest BCUT2D eigenvalue weighted by molar-refractivity contribution is -0.116. The maximum Gasteiger partial charge on any atom is 0.232 e. The Balaban J connectivity index is 2.05. The van der Waals surface area contributed by atoms with Crippen molar-refractivity contribution in [2.75, 3.05) is 22.4 Å². The summed E-state index contributed by atoms with van der Waals surface area (Å²) in [6.07, 6.45) is 1.13. The zero-order chi connectivity index (χ0) is 18.4. The van der Waals surface area contributed by atoms with E-state index < -0.39 is 10.0 Å². The Morgan fingerprint density at radius 1 is 1.20 bits per heavy atom. The Morgan fingerprint density at radius 2 is 1.88 bits per heavy atom. The molecule has 0 unspecified atom stereocenters. The van der Waals surface area contributed by atoms with Crippen molar-refractivity contribution in [2.45, 2.75) is 13.3 Å². The number of carbonyl (C=O) groups is 1.